The predicted octanol–water partition coefficient (Wildman–Crippen LogP) is 0.604. The molecule has 0 saturated carbocycles. The van der Waals surface area contributed by atoms with Crippen LogP contribution in [0.15, 0.2) is 18.2 Å². The Labute approximate surface area is 71.7 Å². The molecule has 12 heavy (non-hydrogen) atoms. The van der Waals surface area contributed by atoms with Crippen molar-refractivity contribution in [2.24, 2.45) is 0 Å². The number of aliphatic hydroxyl groups is 1. The van der Waals surface area contributed by atoms with Gasteiger partial charge in [0.2, 0.25) is 0 Å². The molecule has 66 valence electrons. The van der Waals surface area contributed by atoms with Gasteiger partial charge in [-0.15, -0.1) is 0 Å². The summed E-state index contributed by atoms with van der Waals surface area (Å²) in [5.74, 6) is 0.158. The number of rotatable bonds is 3. The fraction of sp³-hybridized carbons (Fsp3) is 0.333. The Hall–Kier alpha value is -1.06. The highest BCUT2D eigenvalue weighted by atomic mass is 16.3. The maximum absolute atomic E-state index is 9.33. The standard InChI is InChI=1S/C9H13NO2/c1-10-5-7-2-3-8(6-11)9(12)4-7/h2-4,10-12H,5-6H2,1H3. The molecule has 0 aliphatic rings. The van der Waals surface area contributed by atoms with Crippen molar-refractivity contribution in [1.82, 2.24) is 5.32 Å². The largest absolute Gasteiger partial charge is 0.508 e. The van der Waals surface area contributed by atoms with E-state index < -0.39 is 0 Å². The van der Waals surface area contributed by atoms with Crippen molar-refractivity contribution in [1.29, 1.82) is 0 Å². The van der Waals surface area contributed by atoms with Gasteiger partial charge < -0.3 is 15.5 Å². The Morgan fingerprint density at radius 3 is 2.67 bits per heavy atom. The number of aromatic hydroxyl groups is 1. The van der Waals surface area contributed by atoms with E-state index in [1.54, 1.807) is 12.1 Å². The molecule has 0 radical (unpaired) electrons. The summed E-state index contributed by atoms with van der Waals surface area (Å²) in [6.07, 6.45) is 0. The Balaban J connectivity index is 2.86. The number of hydrogen-bond donors (Lipinski definition) is 3. The van der Waals surface area contributed by atoms with Crippen molar-refractivity contribution in [3.8, 4) is 5.75 Å². The number of phenols is 1. The van der Waals surface area contributed by atoms with Crippen molar-refractivity contribution >= 4 is 0 Å². The fourth-order valence-corrected chi connectivity index (χ4v) is 1.06. The normalized spacial score (nSPS) is 10.2. The fourth-order valence-electron chi connectivity index (χ4n) is 1.06. The van der Waals surface area contributed by atoms with Gasteiger partial charge in [0.25, 0.3) is 0 Å². The average molecular weight is 167 g/mol. The van der Waals surface area contributed by atoms with Gasteiger partial charge >= 0.3 is 0 Å². The summed E-state index contributed by atoms with van der Waals surface area (Å²) in [5.41, 5.74) is 1.57. The van der Waals surface area contributed by atoms with Gasteiger partial charge in [-0.1, -0.05) is 12.1 Å². The summed E-state index contributed by atoms with van der Waals surface area (Å²) in [7, 11) is 1.84. The van der Waals surface area contributed by atoms with Gasteiger partial charge in [-0.3, -0.25) is 0 Å². The van der Waals surface area contributed by atoms with Crippen LogP contribution in [-0.2, 0) is 13.2 Å². The van der Waals surface area contributed by atoms with Gasteiger partial charge in [-0.05, 0) is 18.7 Å². The molecule has 0 spiro atoms. The molecule has 0 aliphatic heterocycles. The summed E-state index contributed by atoms with van der Waals surface area (Å²) in [5, 5.41) is 21.1. The quantitative estimate of drug-likeness (QED) is 0.618. The first-order valence-corrected chi connectivity index (χ1v) is 3.84. The van der Waals surface area contributed by atoms with Gasteiger partial charge in [0.1, 0.15) is 5.75 Å². The Morgan fingerprint density at radius 2 is 2.17 bits per heavy atom. The van der Waals surface area contributed by atoms with Gasteiger partial charge in [0.05, 0.1) is 6.61 Å². The lowest BCUT2D eigenvalue weighted by molar-refractivity contribution is 0.275. The Bertz CT molecular complexity index is 261. The topological polar surface area (TPSA) is 52.5 Å². The molecule has 0 amide bonds. The molecular weight excluding hydrogens is 154 g/mol. The molecule has 3 heteroatoms. The molecule has 0 fully saturated rings. The zero-order valence-corrected chi connectivity index (χ0v) is 7.04. The van der Waals surface area contributed by atoms with E-state index >= 15 is 0 Å². The van der Waals surface area contributed by atoms with Crippen LogP contribution < -0.4 is 5.32 Å². The monoisotopic (exact) mass is 167 g/mol. The summed E-state index contributed by atoms with van der Waals surface area (Å²) < 4.78 is 0. The molecule has 0 unspecified atom stereocenters. The van der Waals surface area contributed by atoms with Crippen LogP contribution in [0.5, 0.6) is 5.75 Å². The van der Waals surface area contributed by atoms with Crippen molar-refractivity contribution in [2.45, 2.75) is 13.2 Å². The van der Waals surface area contributed by atoms with Crippen molar-refractivity contribution < 1.29 is 10.2 Å². The third-order valence-corrected chi connectivity index (χ3v) is 1.70. The van der Waals surface area contributed by atoms with E-state index in [-0.39, 0.29) is 12.4 Å². The molecule has 3 nitrogen and oxygen atoms in total. The van der Waals surface area contributed by atoms with Gasteiger partial charge in [0, 0.05) is 12.1 Å². The van der Waals surface area contributed by atoms with Crippen LogP contribution in [0, 0.1) is 0 Å². The lowest BCUT2D eigenvalue weighted by Gasteiger charge is -2.04. The summed E-state index contributed by atoms with van der Waals surface area (Å²) in [6, 6.07) is 5.26. The molecule has 0 aromatic heterocycles. The van der Waals surface area contributed by atoms with Crippen LogP contribution >= 0.6 is 0 Å². The van der Waals surface area contributed by atoms with Crippen molar-refractivity contribution in [2.75, 3.05) is 7.05 Å². The number of nitrogens with one attached hydrogen (secondary N) is 1. The zero-order valence-electron chi connectivity index (χ0n) is 7.04. The minimum atomic E-state index is -0.119. The van der Waals surface area contributed by atoms with Crippen LogP contribution in [0.25, 0.3) is 0 Å². The van der Waals surface area contributed by atoms with Gasteiger partial charge in [-0.2, -0.15) is 0 Å². The first kappa shape index (κ1) is 9.03. The maximum Gasteiger partial charge on any atom is 0.121 e. The maximum atomic E-state index is 9.33. The number of benzene rings is 1. The molecule has 0 atom stereocenters. The molecule has 0 aliphatic carbocycles. The molecule has 1 aromatic rings. The van der Waals surface area contributed by atoms with Crippen LogP contribution in [-0.4, -0.2) is 17.3 Å². The molecule has 0 saturated heterocycles. The van der Waals surface area contributed by atoms with Crippen molar-refractivity contribution in [3.63, 3.8) is 0 Å². The van der Waals surface area contributed by atoms with Crippen molar-refractivity contribution in [3.05, 3.63) is 29.3 Å². The third kappa shape index (κ3) is 1.96. The highest BCUT2D eigenvalue weighted by Crippen LogP contribution is 2.18. The zero-order chi connectivity index (χ0) is 8.97. The molecular formula is C9H13NO2. The summed E-state index contributed by atoms with van der Waals surface area (Å²) in [4.78, 5) is 0. The minimum absolute atomic E-state index is 0.119. The van der Waals surface area contributed by atoms with E-state index in [0.29, 0.717) is 5.56 Å². The first-order chi connectivity index (χ1) is 5.77. The van der Waals surface area contributed by atoms with Gasteiger partial charge in [0.15, 0.2) is 0 Å². The van der Waals surface area contributed by atoms with E-state index in [2.05, 4.69) is 5.32 Å². The molecule has 1 aromatic carbocycles. The smallest absolute Gasteiger partial charge is 0.121 e. The lowest BCUT2D eigenvalue weighted by Crippen LogP contribution is -2.04. The molecule has 3 N–H and O–H groups in total. The molecule has 0 heterocycles. The predicted molar refractivity (Wildman–Crippen MR) is 46.8 cm³/mol. The second kappa shape index (κ2) is 4.09. The second-order valence-corrected chi connectivity index (χ2v) is 2.65. The molecule has 0 bridgehead atoms. The number of hydrogen-bond acceptors (Lipinski definition) is 3. The average Bonchev–Trinajstić information content (AvgIpc) is 2.05. The second-order valence-electron chi connectivity index (χ2n) is 2.65. The van der Waals surface area contributed by atoms with E-state index in [1.165, 1.54) is 0 Å². The highest BCUT2D eigenvalue weighted by Gasteiger charge is 1.99. The van der Waals surface area contributed by atoms with E-state index in [9.17, 15) is 5.11 Å². The third-order valence-electron chi connectivity index (χ3n) is 1.70. The Morgan fingerprint density at radius 1 is 1.42 bits per heavy atom. The van der Waals surface area contributed by atoms with Crippen LogP contribution in [0.4, 0.5) is 0 Å². The first-order valence-electron chi connectivity index (χ1n) is 3.84. The SMILES string of the molecule is CNCc1ccc(CO)c(O)c1. The Kier molecular flexibility index (Phi) is 3.08. The van der Waals surface area contributed by atoms with E-state index in [1.807, 2.05) is 13.1 Å². The van der Waals surface area contributed by atoms with E-state index in [4.69, 9.17) is 5.11 Å². The summed E-state index contributed by atoms with van der Waals surface area (Å²) in [6.45, 7) is 0.602. The van der Waals surface area contributed by atoms with Crippen LogP contribution in [0.1, 0.15) is 11.1 Å². The summed E-state index contributed by atoms with van der Waals surface area (Å²) >= 11 is 0. The van der Waals surface area contributed by atoms with E-state index in [0.717, 1.165) is 12.1 Å². The highest BCUT2D eigenvalue weighted by molar-refractivity contribution is 5.35. The minimum Gasteiger partial charge on any atom is -0.508 e. The lowest BCUT2D eigenvalue weighted by atomic mass is 10.1. The molecule has 1 rings (SSSR count). The van der Waals surface area contributed by atoms with Crippen LogP contribution in [0.3, 0.4) is 0 Å². The van der Waals surface area contributed by atoms with Crippen LogP contribution in [0.2, 0.25) is 0 Å². The number of aliphatic hydroxyl groups excluding tert-OH is 1. The van der Waals surface area contributed by atoms with Gasteiger partial charge in [-0.25, -0.2) is 0 Å².